The molecule has 0 spiro atoms. The van der Waals surface area contributed by atoms with E-state index in [1.807, 2.05) is 36.8 Å². The summed E-state index contributed by atoms with van der Waals surface area (Å²) in [4.78, 5) is 6.31. The molecule has 0 unspecified atom stereocenters. The molecule has 108 valence electrons. The van der Waals surface area contributed by atoms with E-state index >= 15 is 0 Å². The van der Waals surface area contributed by atoms with Gasteiger partial charge in [0, 0.05) is 34.2 Å². The molecule has 1 aromatic heterocycles. The van der Waals surface area contributed by atoms with Gasteiger partial charge in [-0.05, 0) is 17.7 Å². The topological polar surface area (TPSA) is 33.1 Å². The van der Waals surface area contributed by atoms with Crippen LogP contribution in [0.15, 0.2) is 24.4 Å². The van der Waals surface area contributed by atoms with Crippen LogP contribution < -0.4 is 10.2 Å². The van der Waals surface area contributed by atoms with Crippen molar-refractivity contribution >= 4 is 17.5 Å². The molecular weight excluding hydrogens is 279 g/mol. The molecule has 2 aromatic rings. The van der Waals surface area contributed by atoms with E-state index in [0.29, 0.717) is 13.1 Å². The van der Waals surface area contributed by atoms with Crippen LogP contribution in [0.25, 0.3) is 0 Å². The van der Waals surface area contributed by atoms with Crippen LogP contribution in [0.3, 0.4) is 0 Å². The first-order valence-electron chi connectivity index (χ1n) is 6.31. The molecule has 0 fully saturated rings. The van der Waals surface area contributed by atoms with Crippen molar-refractivity contribution in [3.63, 3.8) is 0 Å². The third-order valence-corrected chi connectivity index (χ3v) is 3.37. The summed E-state index contributed by atoms with van der Waals surface area (Å²) in [6, 6.07) is 4.74. The zero-order valence-electron chi connectivity index (χ0n) is 11.8. The van der Waals surface area contributed by atoms with Crippen molar-refractivity contribution in [2.75, 3.05) is 19.0 Å². The van der Waals surface area contributed by atoms with Crippen LogP contribution in [0, 0.1) is 5.82 Å². The summed E-state index contributed by atoms with van der Waals surface area (Å²) in [5.74, 6) is 0.518. The van der Waals surface area contributed by atoms with Gasteiger partial charge in [0.15, 0.2) is 0 Å². The van der Waals surface area contributed by atoms with Gasteiger partial charge >= 0.3 is 0 Å². The summed E-state index contributed by atoms with van der Waals surface area (Å²) in [6.45, 7) is 1.31. The van der Waals surface area contributed by atoms with Crippen molar-refractivity contribution in [1.29, 1.82) is 0 Å². The summed E-state index contributed by atoms with van der Waals surface area (Å²) in [7, 11) is 5.90. The third kappa shape index (κ3) is 3.29. The first-order valence-corrected chi connectivity index (χ1v) is 6.69. The summed E-state index contributed by atoms with van der Waals surface area (Å²) < 4.78 is 15.1. The van der Waals surface area contributed by atoms with Gasteiger partial charge in [-0.3, -0.25) is 0 Å². The Morgan fingerprint density at radius 3 is 2.70 bits per heavy atom. The Balaban J connectivity index is 1.94. The number of benzene rings is 1. The molecule has 0 radical (unpaired) electrons. The molecule has 0 atom stereocenters. The van der Waals surface area contributed by atoms with E-state index in [1.54, 1.807) is 12.1 Å². The fraction of sp³-hybridized carbons (Fsp3) is 0.357. The summed E-state index contributed by atoms with van der Waals surface area (Å²) >= 11 is 5.75. The van der Waals surface area contributed by atoms with Crippen molar-refractivity contribution in [2.45, 2.75) is 13.1 Å². The van der Waals surface area contributed by atoms with E-state index in [1.165, 1.54) is 6.07 Å². The highest BCUT2D eigenvalue weighted by molar-refractivity contribution is 6.30. The third-order valence-electron chi connectivity index (χ3n) is 3.08. The largest absolute Gasteiger partial charge is 0.348 e. The number of hydrogen-bond donors (Lipinski definition) is 1. The molecule has 1 heterocycles. The highest BCUT2D eigenvalue weighted by Crippen LogP contribution is 2.16. The van der Waals surface area contributed by atoms with Crippen molar-refractivity contribution in [3.05, 3.63) is 46.5 Å². The SMILES string of the molecule is CN(C)c1ncc(CNCc2ccc(F)c(Cl)c2)n1C. The predicted octanol–water partition coefficient (Wildman–Crippen LogP) is 2.57. The lowest BCUT2D eigenvalue weighted by Gasteiger charge is -2.13. The van der Waals surface area contributed by atoms with Crippen molar-refractivity contribution in [2.24, 2.45) is 7.05 Å². The van der Waals surface area contributed by atoms with Gasteiger partial charge < -0.3 is 14.8 Å². The van der Waals surface area contributed by atoms with Crippen molar-refractivity contribution in [3.8, 4) is 0 Å². The molecule has 0 aliphatic carbocycles. The zero-order chi connectivity index (χ0) is 14.7. The molecule has 0 saturated heterocycles. The molecule has 2 rings (SSSR count). The molecule has 4 nitrogen and oxygen atoms in total. The maximum Gasteiger partial charge on any atom is 0.204 e. The highest BCUT2D eigenvalue weighted by atomic mass is 35.5. The molecule has 1 N–H and O–H groups in total. The normalized spacial score (nSPS) is 10.8. The Morgan fingerprint density at radius 1 is 1.35 bits per heavy atom. The van der Waals surface area contributed by atoms with E-state index in [9.17, 15) is 4.39 Å². The maximum atomic E-state index is 13.0. The molecule has 0 bridgehead atoms. The van der Waals surface area contributed by atoms with Gasteiger partial charge in [-0.2, -0.15) is 0 Å². The van der Waals surface area contributed by atoms with Gasteiger partial charge in [0.1, 0.15) is 5.82 Å². The van der Waals surface area contributed by atoms with E-state index in [2.05, 4.69) is 10.3 Å². The summed E-state index contributed by atoms with van der Waals surface area (Å²) in [5.41, 5.74) is 2.04. The summed E-state index contributed by atoms with van der Waals surface area (Å²) in [6.07, 6.45) is 1.85. The molecule has 1 aromatic carbocycles. The number of imidazole rings is 1. The van der Waals surface area contributed by atoms with E-state index in [0.717, 1.165) is 17.2 Å². The van der Waals surface area contributed by atoms with Crippen LogP contribution in [0.1, 0.15) is 11.3 Å². The second kappa shape index (κ2) is 6.24. The number of aromatic nitrogens is 2. The first kappa shape index (κ1) is 14.8. The number of hydrogen-bond acceptors (Lipinski definition) is 3. The van der Waals surface area contributed by atoms with Crippen molar-refractivity contribution < 1.29 is 4.39 Å². The van der Waals surface area contributed by atoms with Crippen LogP contribution in [-0.2, 0) is 20.1 Å². The van der Waals surface area contributed by atoms with Gasteiger partial charge in [-0.1, -0.05) is 17.7 Å². The average Bonchev–Trinajstić information content (AvgIpc) is 2.76. The Morgan fingerprint density at radius 2 is 2.10 bits per heavy atom. The van der Waals surface area contributed by atoms with Gasteiger partial charge in [0.2, 0.25) is 5.95 Å². The lowest BCUT2D eigenvalue weighted by molar-refractivity contribution is 0.623. The van der Waals surface area contributed by atoms with Crippen LogP contribution in [-0.4, -0.2) is 23.6 Å². The predicted molar refractivity (Wildman–Crippen MR) is 79.5 cm³/mol. The average molecular weight is 297 g/mol. The molecular formula is C14H18ClFN4. The van der Waals surface area contributed by atoms with E-state index in [4.69, 9.17) is 11.6 Å². The number of halogens is 2. The second-order valence-electron chi connectivity index (χ2n) is 4.85. The minimum atomic E-state index is -0.391. The van der Waals surface area contributed by atoms with Gasteiger partial charge in [0.25, 0.3) is 0 Å². The minimum Gasteiger partial charge on any atom is -0.348 e. The Labute approximate surface area is 123 Å². The number of nitrogens with zero attached hydrogens (tertiary/aromatic N) is 3. The second-order valence-corrected chi connectivity index (χ2v) is 5.26. The lowest BCUT2D eigenvalue weighted by Crippen LogP contribution is -2.18. The Kier molecular flexibility index (Phi) is 4.62. The highest BCUT2D eigenvalue weighted by Gasteiger charge is 2.07. The number of anilines is 1. The fourth-order valence-corrected chi connectivity index (χ4v) is 2.20. The Hall–Kier alpha value is -1.59. The molecule has 0 aliphatic rings. The van der Waals surface area contributed by atoms with E-state index in [-0.39, 0.29) is 5.02 Å². The zero-order valence-corrected chi connectivity index (χ0v) is 12.6. The van der Waals surface area contributed by atoms with Crippen LogP contribution >= 0.6 is 11.6 Å². The smallest absolute Gasteiger partial charge is 0.204 e. The van der Waals surface area contributed by atoms with Gasteiger partial charge in [-0.15, -0.1) is 0 Å². The standard InChI is InChI=1S/C14H18ClFN4/c1-19(2)14-18-9-11(20(14)3)8-17-7-10-4-5-13(16)12(15)6-10/h4-6,9,17H,7-8H2,1-3H3. The maximum absolute atomic E-state index is 13.0. The number of rotatable bonds is 5. The quantitative estimate of drug-likeness (QED) is 0.920. The van der Waals surface area contributed by atoms with Crippen LogP contribution in [0.2, 0.25) is 5.02 Å². The molecule has 0 aliphatic heterocycles. The van der Waals surface area contributed by atoms with Crippen molar-refractivity contribution in [1.82, 2.24) is 14.9 Å². The molecule has 0 amide bonds. The first-order chi connectivity index (χ1) is 9.49. The Bertz CT molecular complexity index is 595. The lowest BCUT2D eigenvalue weighted by atomic mass is 10.2. The van der Waals surface area contributed by atoms with Gasteiger partial charge in [-0.25, -0.2) is 9.37 Å². The van der Waals surface area contributed by atoms with Crippen LogP contribution in [0.4, 0.5) is 10.3 Å². The van der Waals surface area contributed by atoms with E-state index < -0.39 is 5.82 Å². The molecule has 0 saturated carbocycles. The molecule has 6 heteroatoms. The minimum absolute atomic E-state index is 0.153. The fourth-order valence-electron chi connectivity index (χ4n) is 2.00. The van der Waals surface area contributed by atoms with Gasteiger partial charge in [0.05, 0.1) is 16.9 Å². The number of nitrogens with one attached hydrogen (secondary N) is 1. The molecule has 20 heavy (non-hydrogen) atoms. The monoisotopic (exact) mass is 296 g/mol. The van der Waals surface area contributed by atoms with Crippen LogP contribution in [0.5, 0.6) is 0 Å². The summed E-state index contributed by atoms with van der Waals surface area (Å²) in [5, 5.41) is 3.45.